The molecule has 1 heterocycles. The van der Waals surface area contributed by atoms with Crippen molar-refractivity contribution in [2.45, 2.75) is 12.8 Å². The van der Waals surface area contributed by atoms with Crippen LogP contribution in [0.3, 0.4) is 0 Å². The number of fused-ring (bicyclic) bond motifs is 1. The van der Waals surface area contributed by atoms with Crippen molar-refractivity contribution in [1.82, 2.24) is 5.32 Å². The van der Waals surface area contributed by atoms with Gasteiger partial charge in [0.15, 0.2) is 6.61 Å². The maximum absolute atomic E-state index is 11.4. The number of carbonyl (C=O) groups excluding carboxylic acids is 2. The lowest BCUT2D eigenvalue weighted by Gasteiger charge is -2.17. The van der Waals surface area contributed by atoms with Crippen molar-refractivity contribution < 1.29 is 14.3 Å². The Bertz CT molecular complexity index is 511. The first-order valence-corrected chi connectivity index (χ1v) is 6.12. The molecule has 0 saturated carbocycles. The van der Waals surface area contributed by atoms with E-state index in [-0.39, 0.29) is 18.4 Å². The molecule has 1 aliphatic rings. The van der Waals surface area contributed by atoms with E-state index in [1.165, 1.54) is 0 Å². The van der Waals surface area contributed by atoms with Crippen LogP contribution in [0.2, 0.25) is 0 Å². The van der Waals surface area contributed by atoms with Crippen molar-refractivity contribution in [3.05, 3.63) is 36.4 Å². The number of nitrogens with one attached hydrogen (secondary N) is 2. The quantitative estimate of drug-likeness (QED) is 0.783. The molecule has 2 amide bonds. The lowest BCUT2D eigenvalue weighted by atomic mass is 10.0. The summed E-state index contributed by atoms with van der Waals surface area (Å²) in [6.07, 6.45) is 2.85. The predicted molar refractivity (Wildman–Crippen MR) is 72.1 cm³/mol. The van der Waals surface area contributed by atoms with E-state index in [1.54, 1.807) is 18.2 Å². The van der Waals surface area contributed by atoms with Crippen LogP contribution in [-0.4, -0.2) is 25.0 Å². The van der Waals surface area contributed by atoms with Gasteiger partial charge in [-0.1, -0.05) is 12.1 Å². The number of ether oxygens (including phenoxy) is 1. The fourth-order valence-corrected chi connectivity index (χ4v) is 1.83. The first kappa shape index (κ1) is 13.1. The van der Waals surface area contributed by atoms with Crippen molar-refractivity contribution in [1.29, 1.82) is 0 Å². The fourth-order valence-electron chi connectivity index (χ4n) is 1.83. The van der Waals surface area contributed by atoms with E-state index in [9.17, 15) is 9.59 Å². The number of benzene rings is 1. The van der Waals surface area contributed by atoms with Gasteiger partial charge in [-0.2, -0.15) is 0 Å². The minimum absolute atomic E-state index is 0.00776. The topological polar surface area (TPSA) is 67.4 Å². The normalized spacial score (nSPS) is 13.2. The molecule has 0 spiro atoms. The van der Waals surface area contributed by atoms with Gasteiger partial charge in [0.1, 0.15) is 5.75 Å². The summed E-state index contributed by atoms with van der Waals surface area (Å²) in [4.78, 5) is 22.7. The summed E-state index contributed by atoms with van der Waals surface area (Å²) in [5, 5.41) is 5.41. The summed E-state index contributed by atoms with van der Waals surface area (Å²) >= 11 is 0. The van der Waals surface area contributed by atoms with E-state index in [1.807, 2.05) is 6.07 Å². The third-order valence-corrected chi connectivity index (χ3v) is 2.79. The van der Waals surface area contributed by atoms with Gasteiger partial charge in [0.25, 0.3) is 5.91 Å². The Labute approximate surface area is 111 Å². The van der Waals surface area contributed by atoms with E-state index < -0.39 is 0 Å². The van der Waals surface area contributed by atoms with Crippen LogP contribution in [0.1, 0.15) is 12.0 Å². The van der Waals surface area contributed by atoms with Gasteiger partial charge < -0.3 is 15.4 Å². The summed E-state index contributed by atoms with van der Waals surface area (Å²) in [5.41, 5.74) is 1.85. The average Bonchev–Trinajstić information content (AvgIpc) is 2.42. The van der Waals surface area contributed by atoms with E-state index in [0.29, 0.717) is 18.7 Å². The second kappa shape index (κ2) is 6.04. The third kappa shape index (κ3) is 3.58. The molecule has 0 radical (unpaired) electrons. The van der Waals surface area contributed by atoms with Crippen LogP contribution in [0, 0.1) is 0 Å². The molecular weight excluding hydrogens is 244 g/mol. The van der Waals surface area contributed by atoms with Gasteiger partial charge in [-0.25, -0.2) is 0 Å². The summed E-state index contributed by atoms with van der Waals surface area (Å²) in [5.74, 6) is 0.365. The Balaban J connectivity index is 1.94. The van der Waals surface area contributed by atoms with Crippen molar-refractivity contribution in [3.8, 4) is 5.75 Å². The van der Waals surface area contributed by atoms with Crippen molar-refractivity contribution in [2.24, 2.45) is 0 Å². The molecule has 0 bridgehead atoms. The standard InChI is InChI=1S/C14H16N2O3/c1-2-7-15-14(18)9-19-11-5-3-10-4-6-13(17)16-12(10)8-11/h2-3,5,8H,1,4,6-7,9H2,(H,15,18)(H,16,17). The molecule has 0 saturated heterocycles. The van der Waals surface area contributed by atoms with Crippen molar-refractivity contribution in [2.75, 3.05) is 18.5 Å². The molecule has 0 aliphatic carbocycles. The summed E-state index contributed by atoms with van der Waals surface area (Å²) in [7, 11) is 0. The maximum Gasteiger partial charge on any atom is 0.258 e. The number of aryl methyl sites for hydroxylation is 1. The van der Waals surface area contributed by atoms with Crippen LogP contribution in [0.25, 0.3) is 0 Å². The largest absolute Gasteiger partial charge is 0.484 e. The molecule has 19 heavy (non-hydrogen) atoms. The number of hydrogen-bond acceptors (Lipinski definition) is 3. The van der Waals surface area contributed by atoms with Crippen LogP contribution in [0.4, 0.5) is 5.69 Å². The summed E-state index contributed by atoms with van der Waals surface area (Å²) < 4.78 is 5.37. The molecular formula is C14H16N2O3. The van der Waals surface area contributed by atoms with E-state index in [4.69, 9.17) is 4.74 Å². The zero-order valence-electron chi connectivity index (χ0n) is 10.6. The molecule has 5 heteroatoms. The van der Waals surface area contributed by atoms with Gasteiger partial charge in [0, 0.05) is 24.7 Å². The number of carbonyl (C=O) groups is 2. The second-order valence-electron chi connectivity index (χ2n) is 4.25. The Morgan fingerprint density at radius 1 is 1.47 bits per heavy atom. The van der Waals surface area contributed by atoms with Gasteiger partial charge in [-0.3, -0.25) is 9.59 Å². The Hall–Kier alpha value is -2.30. The van der Waals surface area contributed by atoms with Gasteiger partial charge in [0.2, 0.25) is 5.91 Å². The average molecular weight is 260 g/mol. The highest BCUT2D eigenvalue weighted by Crippen LogP contribution is 2.26. The lowest BCUT2D eigenvalue weighted by Crippen LogP contribution is -2.28. The zero-order valence-corrected chi connectivity index (χ0v) is 10.6. The Morgan fingerprint density at radius 2 is 2.32 bits per heavy atom. The van der Waals surface area contributed by atoms with E-state index in [2.05, 4.69) is 17.2 Å². The number of hydrogen-bond donors (Lipinski definition) is 2. The maximum atomic E-state index is 11.4. The highest BCUT2D eigenvalue weighted by atomic mass is 16.5. The lowest BCUT2D eigenvalue weighted by molar-refractivity contribution is -0.123. The molecule has 100 valence electrons. The zero-order chi connectivity index (χ0) is 13.7. The van der Waals surface area contributed by atoms with Gasteiger partial charge in [0.05, 0.1) is 0 Å². The molecule has 0 unspecified atom stereocenters. The summed E-state index contributed by atoms with van der Waals surface area (Å²) in [6, 6.07) is 5.45. The number of amides is 2. The molecule has 0 atom stereocenters. The van der Waals surface area contributed by atoms with E-state index >= 15 is 0 Å². The van der Waals surface area contributed by atoms with Crippen molar-refractivity contribution >= 4 is 17.5 Å². The second-order valence-corrected chi connectivity index (χ2v) is 4.25. The van der Waals surface area contributed by atoms with E-state index in [0.717, 1.165) is 17.7 Å². The monoisotopic (exact) mass is 260 g/mol. The van der Waals surface area contributed by atoms with Gasteiger partial charge in [-0.05, 0) is 18.1 Å². The SMILES string of the molecule is C=CCNC(=O)COc1ccc2c(c1)NC(=O)CC2. The number of anilines is 1. The minimum Gasteiger partial charge on any atom is -0.484 e. The van der Waals surface area contributed by atoms with Crippen LogP contribution in [-0.2, 0) is 16.0 Å². The van der Waals surface area contributed by atoms with Gasteiger partial charge >= 0.3 is 0 Å². The fraction of sp³-hybridized carbons (Fsp3) is 0.286. The Kier molecular flexibility index (Phi) is 4.18. The summed E-state index contributed by atoms with van der Waals surface area (Å²) in [6.45, 7) is 3.87. The Morgan fingerprint density at radius 3 is 3.11 bits per heavy atom. The molecule has 0 aromatic heterocycles. The third-order valence-electron chi connectivity index (χ3n) is 2.79. The molecule has 1 aromatic carbocycles. The first-order chi connectivity index (χ1) is 9.19. The highest BCUT2D eigenvalue weighted by molar-refractivity contribution is 5.94. The first-order valence-electron chi connectivity index (χ1n) is 6.12. The predicted octanol–water partition coefficient (Wildman–Crippen LogP) is 1.25. The highest BCUT2D eigenvalue weighted by Gasteiger charge is 2.15. The molecule has 2 N–H and O–H groups in total. The molecule has 5 nitrogen and oxygen atoms in total. The van der Waals surface area contributed by atoms with Crippen LogP contribution < -0.4 is 15.4 Å². The molecule has 2 rings (SSSR count). The smallest absolute Gasteiger partial charge is 0.258 e. The molecule has 1 aromatic rings. The van der Waals surface area contributed by atoms with Crippen molar-refractivity contribution in [3.63, 3.8) is 0 Å². The minimum atomic E-state index is -0.207. The molecule has 1 aliphatic heterocycles. The van der Waals surface area contributed by atoms with Crippen LogP contribution in [0.15, 0.2) is 30.9 Å². The molecule has 0 fully saturated rings. The van der Waals surface area contributed by atoms with Crippen LogP contribution in [0.5, 0.6) is 5.75 Å². The van der Waals surface area contributed by atoms with Crippen LogP contribution >= 0.6 is 0 Å². The number of rotatable bonds is 5. The van der Waals surface area contributed by atoms with Gasteiger partial charge in [-0.15, -0.1) is 6.58 Å².